The topological polar surface area (TPSA) is 35.2 Å². The molecule has 0 atom stereocenters. The number of hydrogen-bond acceptors (Lipinski definition) is 2. The molecule has 100 valence electrons. The first kappa shape index (κ1) is 14.1. The first-order chi connectivity index (χ1) is 9.11. The third-order valence-electron chi connectivity index (χ3n) is 2.66. The van der Waals surface area contributed by atoms with Crippen LogP contribution in [0.2, 0.25) is 10.0 Å². The number of rotatable bonds is 4. The Kier molecular flexibility index (Phi) is 4.64. The smallest absolute Gasteiger partial charge is 0.139 e. The minimum atomic E-state index is -0.344. The second-order valence-corrected chi connectivity index (χ2v) is 4.80. The molecule has 2 nitrogen and oxygen atoms in total. The van der Waals surface area contributed by atoms with Gasteiger partial charge in [0.2, 0.25) is 0 Å². The van der Waals surface area contributed by atoms with E-state index in [1.807, 2.05) is 0 Å². The zero-order valence-electron chi connectivity index (χ0n) is 10.00. The van der Waals surface area contributed by atoms with Gasteiger partial charge in [0.25, 0.3) is 0 Å². The van der Waals surface area contributed by atoms with Gasteiger partial charge in [-0.2, -0.15) is 0 Å². The van der Waals surface area contributed by atoms with Crippen LogP contribution in [0.3, 0.4) is 0 Å². The first-order valence-electron chi connectivity index (χ1n) is 5.66. The maximum absolute atomic E-state index is 13.9. The predicted octanol–water partition coefficient (Wildman–Crippen LogP) is 4.17. The predicted molar refractivity (Wildman–Crippen MR) is 75.1 cm³/mol. The Morgan fingerprint density at radius 2 is 1.84 bits per heavy atom. The lowest BCUT2D eigenvalue weighted by atomic mass is 10.1. The molecule has 0 aliphatic rings. The molecule has 0 radical (unpaired) electrons. The van der Waals surface area contributed by atoms with Crippen molar-refractivity contribution in [2.45, 2.75) is 13.2 Å². The molecule has 0 aromatic heterocycles. The molecule has 0 amide bonds. The van der Waals surface area contributed by atoms with E-state index in [1.165, 1.54) is 0 Å². The minimum absolute atomic E-state index is 0.0692. The summed E-state index contributed by atoms with van der Waals surface area (Å²) in [6.07, 6.45) is 0. The van der Waals surface area contributed by atoms with Crippen molar-refractivity contribution in [3.63, 3.8) is 0 Å². The average Bonchev–Trinajstić information content (AvgIpc) is 2.41. The van der Waals surface area contributed by atoms with Crippen LogP contribution in [0.5, 0.6) is 5.75 Å². The Balaban J connectivity index is 2.17. The van der Waals surface area contributed by atoms with E-state index in [2.05, 4.69) is 0 Å². The Hall–Kier alpha value is -1.29. The standard InChI is InChI=1S/C14H12Cl2FNO/c15-11-4-5-12(16)13(6-11)19-8-10-3-1-2-9(7-18)14(10)17/h1-6H,7-8,18H2. The fraction of sp³-hybridized carbons (Fsp3) is 0.143. The van der Waals surface area contributed by atoms with Crippen molar-refractivity contribution in [2.75, 3.05) is 0 Å². The van der Waals surface area contributed by atoms with Gasteiger partial charge < -0.3 is 10.5 Å². The van der Waals surface area contributed by atoms with Gasteiger partial charge >= 0.3 is 0 Å². The van der Waals surface area contributed by atoms with Gasteiger partial charge in [0.1, 0.15) is 18.2 Å². The van der Waals surface area contributed by atoms with Crippen LogP contribution in [0.4, 0.5) is 4.39 Å². The van der Waals surface area contributed by atoms with Gasteiger partial charge in [0.15, 0.2) is 0 Å². The molecule has 2 aromatic carbocycles. The Morgan fingerprint density at radius 1 is 1.11 bits per heavy atom. The molecule has 2 aromatic rings. The fourth-order valence-corrected chi connectivity index (χ4v) is 1.98. The van der Waals surface area contributed by atoms with E-state index >= 15 is 0 Å². The number of ether oxygens (including phenoxy) is 1. The Bertz CT molecular complexity index is 590. The summed E-state index contributed by atoms with van der Waals surface area (Å²) in [5.41, 5.74) is 6.34. The Morgan fingerprint density at radius 3 is 2.58 bits per heavy atom. The van der Waals surface area contributed by atoms with Crippen molar-refractivity contribution < 1.29 is 9.13 Å². The third-order valence-corrected chi connectivity index (χ3v) is 3.20. The molecule has 2 N–H and O–H groups in total. The number of nitrogens with two attached hydrogens (primary N) is 1. The van der Waals surface area contributed by atoms with Crippen molar-refractivity contribution in [1.82, 2.24) is 0 Å². The number of halogens is 3. The molecule has 19 heavy (non-hydrogen) atoms. The largest absolute Gasteiger partial charge is 0.487 e. The highest BCUT2D eigenvalue weighted by atomic mass is 35.5. The molecule has 0 saturated carbocycles. The SMILES string of the molecule is NCc1cccc(COc2cc(Cl)ccc2Cl)c1F. The lowest BCUT2D eigenvalue weighted by Gasteiger charge is -2.10. The summed E-state index contributed by atoms with van der Waals surface area (Å²) in [6, 6.07) is 9.91. The molecule has 0 fully saturated rings. The second-order valence-electron chi connectivity index (χ2n) is 3.96. The van der Waals surface area contributed by atoms with E-state index in [9.17, 15) is 4.39 Å². The molecular formula is C14H12Cl2FNO. The van der Waals surface area contributed by atoms with Crippen LogP contribution in [0.1, 0.15) is 11.1 Å². The van der Waals surface area contributed by atoms with Crippen LogP contribution in [0.25, 0.3) is 0 Å². The molecule has 0 aliphatic heterocycles. The zero-order valence-corrected chi connectivity index (χ0v) is 11.5. The molecular weight excluding hydrogens is 288 g/mol. The van der Waals surface area contributed by atoms with Crippen molar-refractivity contribution in [3.8, 4) is 5.75 Å². The van der Waals surface area contributed by atoms with E-state index in [4.69, 9.17) is 33.7 Å². The van der Waals surface area contributed by atoms with Gasteiger partial charge in [-0.3, -0.25) is 0 Å². The second kappa shape index (κ2) is 6.24. The van der Waals surface area contributed by atoms with Crippen LogP contribution >= 0.6 is 23.2 Å². The Labute approximate surface area is 120 Å². The normalized spacial score (nSPS) is 10.5. The summed E-state index contributed by atoms with van der Waals surface area (Å²) in [7, 11) is 0. The lowest BCUT2D eigenvalue weighted by molar-refractivity contribution is 0.299. The van der Waals surface area contributed by atoms with Crippen molar-refractivity contribution in [2.24, 2.45) is 5.73 Å². The third kappa shape index (κ3) is 3.38. The summed E-state index contributed by atoms with van der Waals surface area (Å²) in [5.74, 6) is 0.0786. The molecule has 2 rings (SSSR count). The molecule has 0 aliphatic carbocycles. The van der Waals surface area contributed by atoms with E-state index in [1.54, 1.807) is 36.4 Å². The maximum atomic E-state index is 13.9. The van der Waals surface area contributed by atoms with Gasteiger partial charge in [-0.15, -0.1) is 0 Å². The monoisotopic (exact) mass is 299 g/mol. The highest BCUT2D eigenvalue weighted by Crippen LogP contribution is 2.28. The lowest BCUT2D eigenvalue weighted by Crippen LogP contribution is -2.05. The van der Waals surface area contributed by atoms with Gasteiger partial charge in [-0.25, -0.2) is 4.39 Å². The highest BCUT2D eigenvalue weighted by Gasteiger charge is 2.09. The quantitative estimate of drug-likeness (QED) is 0.919. The van der Waals surface area contributed by atoms with Crippen LogP contribution in [-0.2, 0) is 13.2 Å². The van der Waals surface area contributed by atoms with Gasteiger partial charge in [0.05, 0.1) is 5.02 Å². The summed E-state index contributed by atoms with van der Waals surface area (Å²) < 4.78 is 19.4. The first-order valence-corrected chi connectivity index (χ1v) is 6.41. The van der Waals surface area contributed by atoms with Crippen LogP contribution < -0.4 is 10.5 Å². The van der Waals surface area contributed by atoms with Crippen LogP contribution in [0.15, 0.2) is 36.4 Å². The van der Waals surface area contributed by atoms with Crippen molar-refractivity contribution in [3.05, 3.63) is 63.4 Å². The maximum Gasteiger partial charge on any atom is 0.139 e. The summed E-state index contributed by atoms with van der Waals surface area (Å²) in [6.45, 7) is 0.220. The van der Waals surface area contributed by atoms with E-state index < -0.39 is 0 Å². The van der Waals surface area contributed by atoms with E-state index in [-0.39, 0.29) is 19.0 Å². The van der Waals surface area contributed by atoms with Crippen LogP contribution in [0, 0.1) is 5.82 Å². The van der Waals surface area contributed by atoms with Gasteiger partial charge in [0, 0.05) is 28.8 Å². The van der Waals surface area contributed by atoms with E-state index in [0.29, 0.717) is 26.9 Å². The number of benzene rings is 2. The summed E-state index contributed by atoms with van der Waals surface area (Å²) >= 11 is 11.8. The molecule has 0 heterocycles. The molecule has 0 saturated heterocycles. The molecule has 5 heteroatoms. The van der Waals surface area contributed by atoms with Gasteiger partial charge in [-0.1, -0.05) is 41.4 Å². The molecule has 0 spiro atoms. The van der Waals surface area contributed by atoms with Gasteiger partial charge in [-0.05, 0) is 12.1 Å². The zero-order chi connectivity index (χ0) is 13.8. The fourth-order valence-electron chi connectivity index (χ4n) is 1.65. The van der Waals surface area contributed by atoms with Crippen molar-refractivity contribution in [1.29, 1.82) is 0 Å². The molecule has 0 unspecified atom stereocenters. The minimum Gasteiger partial charge on any atom is -0.487 e. The average molecular weight is 300 g/mol. The van der Waals surface area contributed by atoms with Crippen molar-refractivity contribution >= 4 is 23.2 Å². The highest BCUT2D eigenvalue weighted by molar-refractivity contribution is 6.34. The molecule has 0 bridgehead atoms. The summed E-state index contributed by atoms with van der Waals surface area (Å²) in [5, 5.41) is 0.940. The number of hydrogen-bond donors (Lipinski definition) is 1. The van der Waals surface area contributed by atoms with Crippen LogP contribution in [-0.4, -0.2) is 0 Å². The van der Waals surface area contributed by atoms with E-state index in [0.717, 1.165) is 0 Å². The summed E-state index contributed by atoms with van der Waals surface area (Å²) in [4.78, 5) is 0.